The van der Waals surface area contributed by atoms with E-state index >= 15 is 0 Å². The lowest BCUT2D eigenvalue weighted by atomic mass is 10.1. The van der Waals surface area contributed by atoms with E-state index in [-0.39, 0.29) is 5.60 Å². The zero-order valence-corrected chi connectivity index (χ0v) is 13.6. The molecule has 0 unspecified atom stereocenters. The Balaban J connectivity index is 2.53. The summed E-state index contributed by atoms with van der Waals surface area (Å²) in [6, 6.07) is 6.24. The highest BCUT2D eigenvalue weighted by Gasteiger charge is 2.21. The quantitative estimate of drug-likeness (QED) is 0.598. The van der Waals surface area contributed by atoms with Gasteiger partial charge in [0.2, 0.25) is 0 Å². The summed E-state index contributed by atoms with van der Waals surface area (Å²) in [5.74, 6) is 1.30. The normalized spacial score (nSPS) is 12.3. The summed E-state index contributed by atoms with van der Waals surface area (Å²) in [6.45, 7) is 4.86. The van der Waals surface area contributed by atoms with Gasteiger partial charge >= 0.3 is 0 Å². The van der Waals surface area contributed by atoms with Gasteiger partial charge in [0.1, 0.15) is 5.82 Å². The van der Waals surface area contributed by atoms with Crippen LogP contribution in [0, 0.1) is 3.57 Å². The van der Waals surface area contributed by atoms with Crippen LogP contribution in [-0.2, 0) is 17.2 Å². The van der Waals surface area contributed by atoms with Gasteiger partial charge in [0, 0.05) is 10.7 Å². The van der Waals surface area contributed by atoms with Crippen molar-refractivity contribution in [2.24, 2.45) is 0 Å². The Morgan fingerprint density at radius 1 is 1.44 bits per heavy atom. The molecule has 0 spiro atoms. The molecule has 0 bridgehead atoms. The summed E-state index contributed by atoms with van der Waals surface area (Å²) in [5, 5.41) is 0. The number of aromatic nitrogens is 2. The van der Waals surface area contributed by atoms with Gasteiger partial charge in [-0.2, -0.15) is 0 Å². The number of imidazole rings is 1. The largest absolute Gasteiger partial charge is 0.377 e. The van der Waals surface area contributed by atoms with Crippen molar-refractivity contribution in [3.63, 3.8) is 0 Å². The van der Waals surface area contributed by atoms with Crippen LogP contribution in [0.5, 0.6) is 0 Å². The van der Waals surface area contributed by atoms with Gasteiger partial charge in [0.25, 0.3) is 0 Å². The fourth-order valence-corrected chi connectivity index (χ4v) is 2.56. The van der Waals surface area contributed by atoms with Crippen molar-refractivity contribution in [3.8, 4) is 0 Å². The molecule has 2 aromatic rings. The molecule has 0 saturated heterocycles. The van der Waals surface area contributed by atoms with Gasteiger partial charge in [0.15, 0.2) is 0 Å². The molecule has 18 heavy (non-hydrogen) atoms. The molecule has 0 aliphatic heterocycles. The number of halogens is 2. The monoisotopic (exact) mass is 378 g/mol. The first-order chi connectivity index (χ1) is 8.46. The van der Waals surface area contributed by atoms with Gasteiger partial charge in [-0.1, -0.05) is 0 Å². The van der Waals surface area contributed by atoms with E-state index in [2.05, 4.69) is 64.2 Å². The Bertz CT molecular complexity index is 565. The predicted molar refractivity (Wildman–Crippen MR) is 83.1 cm³/mol. The molecule has 3 nitrogen and oxygen atoms in total. The molecular formula is C13H16ClIN2O. The van der Waals surface area contributed by atoms with Crippen LogP contribution in [0.3, 0.4) is 0 Å². The van der Waals surface area contributed by atoms with Crippen molar-refractivity contribution in [1.29, 1.82) is 0 Å². The van der Waals surface area contributed by atoms with Crippen LogP contribution in [0.1, 0.15) is 19.7 Å². The zero-order valence-electron chi connectivity index (χ0n) is 10.7. The van der Waals surface area contributed by atoms with Crippen molar-refractivity contribution in [1.82, 2.24) is 9.55 Å². The Hall–Kier alpha value is -0.330. The number of hydrogen-bond donors (Lipinski definition) is 0. The van der Waals surface area contributed by atoms with Crippen LogP contribution in [0.25, 0.3) is 11.0 Å². The summed E-state index contributed by atoms with van der Waals surface area (Å²) >= 11 is 8.28. The maximum atomic E-state index is 5.99. The van der Waals surface area contributed by atoms with Crippen molar-refractivity contribution < 1.29 is 4.74 Å². The van der Waals surface area contributed by atoms with Gasteiger partial charge in [-0.15, -0.1) is 11.6 Å². The van der Waals surface area contributed by atoms with Crippen LogP contribution in [0.15, 0.2) is 18.2 Å². The zero-order chi connectivity index (χ0) is 13.3. The van der Waals surface area contributed by atoms with E-state index in [1.807, 2.05) is 0 Å². The summed E-state index contributed by atoms with van der Waals surface area (Å²) in [4.78, 5) is 4.58. The number of rotatable bonds is 4. The van der Waals surface area contributed by atoms with E-state index in [1.54, 1.807) is 7.11 Å². The molecule has 1 aromatic heterocycles. The lowest BCUT2D eigenvalue weighted by Gasteiger charge is -2.24. The summed E-state index contributed by atoms with van der Waals surface area (Å²) in [6.07, 6.45) is 0. The molecule has 0 aliphatic carbocycles. The van der Waals surface area contributed by atoms with E-state index in [9.17, 15) is 0 Å². The Morgan fingerprint density at radius 3 is 2.78 bits per heavy atom. The van der Waals surface area contributed by atoms with Gasteiger partial charge in [-0.05, 0) is 54.6 Å². The topological polar surface area (TPSA) is 27.1 Å². The SMILES string of the molecule is COC(C)(C)Cn1c(CCl)nc2cc(I)ccc21. The number of methoxy groups -OCH3 is 1. The number of ether oxygens (including phenoxy) is 1. The highest BCUT2D eigenvalue weighted by Crippen LogP contribution is 2.23. The maximum Gasteiger partial charge on any atom is 0.124 e. The van der Waals surface area contributed by atoms with E-state index < -0.39 is 0 Å². The molecule has 5 heteroatoms. The second-order valence-corrected chi connectivity index (χ2v) is 6.36. The van der Waals surface area contributed by atoms with Gasteiger partial charge in [-0.3, -0.25) is 0 Å². The van der Waals surface area contributed by atoms with Crippen LogP contribution in [-0.4, -0.2) is 22.3 Å². The van der Waals surface area contributed by atoms with Gasteiger partial charge in [-0.25, -0.2) is 4.98 Å². The molecule has 0 aliphatic rings. The third kappa shape index (κ3) is 2.81. The lowest BCUT2D eigenvalue weighted by Crippen LogP contribution is -2.29. The first kappa shape index (κ1) is 14.1. The number of benzene rings is 1. The van der Waals surface area contributed by atoms with Crippen molar-refractivity contribution in [3.05, 3.63) is 27.6 Å². The molecule has 0 atom stereocenters. The molecule has 0 saturated carbocycles. The molecular weight excluding hydrogens is 363 g/mol. The standard InChI is InChI=1S/C13H16ClIN2O/c1-13(2,18-3)8-17-11-5-4-9(15)6-10(11)16-12(17)7-14/h4-6H,7-8H2,1-3H3. The summed E-state index contributed by atoms with van der Waals surface area (Å²) in [7, 11) is 1.72. The van der Waals surface area contributed by atoms with E-state index in [0.717, 1.165) is 23.4 Å². The first-order valence-corrected chi connectivity index (χ1v) is 7.34. The molecule has 98 valence electrons. The van der Waals surface area contributed by atoms with Crippen LogP contribution >= 0.6 is 34.2 Å². The molecule has 0 fully saturated rings. The fraction of sp³-hybridized carbons (Fsp3) is 0.462. The van der Waals surface area contributed by atoms with Crippen molar-refractivity contribution >= 4 is 45.2 Å². The minimum Gasteiger partial charge on any atom is -0.377 e. The molecule has 0 amide bonds. The highest BCUT2D eigenvalue weighted by atomic mass is 127. The van der Waals surface area contributed by atoms with E-state index in [4.69, 9.17) is 16.3 Å². The van der Waals surface area contributed by atoms with Gasteiger partial charge < -0.3 is 9.30 Å². The van der Waals surface area contributed by atoms with Crippen molar-refractivity contribution in [2.75, 3.05) is 7.11 Å². The van der Waals surface area contributed by atoms with Gasteiger partial charge in [0.05, 0.1) is 29.1 Å². The molecule has 0 radical (unpaired) electrons. The van der Waals surface area contributed by atoms with Crippen molar-refractivity contribution in [2.45, 2.75) is 31.9 Å². The van der Waals surface area contributed by atoms with E-state index in [1.165, 1.54) is 3.57 Å². The second kappa shape index (κ2) is 5.35. The first-order valence-electron chi connectivity index (χ1n) is 5.72. The minimum absolute atomic E-state index is 0.239. The number of fused-ring (bicyclic) bond motifs is 1. The fourth-order valence-electron chi connectivity index (χ4n) is 1.88. The predicted octanol–water partition coefficient (Wildman–Crippen LogP) is 3.80. The average molecular weight is 379 g/mol. The molecule has 0 N–H and O–H groups in total. The third-order valence-corrected chi connectivity index (χ3v) is 3.91. The van der Waals surface area contributed by atoms with Crippen LogP contribution < -0.4 is 0 Å². The Morgan fingerprint density at radius 2 is 2.17 bits per heavy atom. The number of alkyl halides is 1. The van der Waals surface area contributed by atoms with Crippen LogP contribution in [0.4, 0.5) is 0 Å². The smallest absolute Gasteiger partial charge is 0.124 e. The third-order valence-electron chi connectivity index (χ3n) is 3.00. The minimum atomic E-state index is -0.239. The highest BCUT2D eigenvalue weighted by molar-refractivity contribution is 14.1. The molecule has 1 heterocycles. The second-order valence-electron chi connectivity index (χ2n) is 4.84. The number of hydrogen-bond acceptors (Lipinski definition) is 2. The maximum absolute atomic E-state index is 5.99. The number of nitrogens with zero attached hydrogens (tertiary/aromatic N) is 2. The lowest BCUT2D eigenvalue weighted by molar-refractivity contribution is 0.00854. The Kier molecular flexibility index (Phi) is 4.18. The average Bonchev–Trinajstić information content (AvgIpc) is 2.66. The van der Waals surface area contributed by atoms with E-state index in [0.29, 0.717) is 5.88 Å². The van der Waals surface area contributed by atoms with Crippen LogP contribution in [0.2, 0.25) is 0 Å². The summed E-state index contributed by atoms with van der Waals surface area (Å²) in [5.41, 5.74) is 1.86. The summed E-state index contributed by atoms with van der Waals surface area (Å²) < 4.78 is 8.81. The molecule has 1 aromatic carbocycles. The Labute approximate surface area is 126 Å². The molecule has 2 rings (SSSR count).